The molecule has 0 saturated carbocycles. The number of aliphatic carboxylic acids is 1. The second-order valence-electron chi connectivity index (χ2n) is 11.4. The van der Waals surface area contributed by atoms with Crippen LogP contribution in [-0.2, 0) is 24.5 Å². The number of carboxylic acids is 1. The van der Waals surface area contributed by atoms with Crippen LogP contribution in [-0.4, -0.2) is 41.0 Å². The third-order valence-electron chi connectivity index (χ3n) is 9.14. The van der Waals surface area contributed by atoms with Gasteiger partial charge in [0.05, 0.1) is 19.2 Å². The molecule has 7 rings (SSSR count). The topological polar surface area (TPSA) is 105 Å². The van der Waals surface area contributed by atoms with Gasteiger partial charge in [0, 0.05) is 5.69 Å². The van der Waals surface area contributed by atoms with E-state index >= 15 is 0 Å². The Hall–Kier alpha value is -4.95. The minimum atomic E-state index is -1.65. The van der Waals surface area contributed by atoms with Gasteiger partial charge in [0.25, 0.3) is 0 Å². The largest absolute Gasteiger partial charge is 0.497 e. The van der Waals surface area contributed by atoms with Crippen LogP contribution in [0.1, 0.15) is 46.0 Å². The first-order valence-electron chi connectivity index (χ1n) is 14.2. The van der Waals surface area contributed by atoms with Crippen LogP contribution in [0.4, 0.5) is 5.69 Å². The van der Waals surface area contributed by atoms with Gasteiger partial charge in [-0.25, -0.2) is 0 Å². The minimum Gasteiger partial charge on any atom is -0.497 e. The number of hydrogen-bond donors (Lipinski definition) is 2. The van der Waals surface area contributed by atoms with E-state index < -0.39 is 53.4 Å². The number of hydrogen-bond acceptors (Lipinski definition) is 6. The lowest BCUT2D eigenvalue weighted by Gasteiger charge is -2.46. The Kier molecular flexibility index (Phi) is 6.32. The van der Waals surface area contributed by atoms with Gasteiger partial charge in [-0.2, -0.15) is 0 Å². The van der Waals surface area contributed by atoms with Crippen molar-refractivity contribution in [2.75, 3.05) is 12.4 Å². The van der Waals surface area contributed by atoms with Gasteiger partial charge in [-0.15, -0.1) is 0 Å². The van der Waals surface area contributed by atoms with Gasteiger partial charge in [-0.1, -0.05) is 90.5 Å². The normalized spacial score (nSPS) is 27.7. The van der Waals surface area contributed by atoms with Crippen molar-refractivity contribution in [2.24, 2.45) is 5.92 Å². The minimum absolute atomic E-state index is 0.460. The Labute approximate surface area is 248 Å². The molecule has 2 N–H and O–H groups in total. The molecule has 0 unspecified atom stereocenters. The van der Waals surface area contributed by atoms with E-state index in [0.29, 0.717) is 22.6 Å². The number of rotatable bonds is 5. The second kappa shape index (κ2) is 10.1. The first kappa shape index (κ1) is 26.9. The molecule has 216 valence electrons. The van der Waals surface area contributed by atoms with E-state index in [9.17, 15) is 19.5 Å². The van der Waals surface area contributed by atoms with E-state index in [1.54, 1.807) is 19.2 Å². The Bertz CT molecular complexity index is 1740. The first-order chi connectivity index (χ1) is 20.9. The summed E-state index contributed by atoms with van der Waals surface area (Å²) in [5, 5.41) is 14.0. The number of nitrogens with one attached hydrogen (secondary N) is 1. The van der Waals surface area contributed by atoms with Gasteiger partial charge < -0.3 is 19.9 Å². The van der Waals surface area contributed by atoms with Crippen molar-refractivity contribution in [3.8, 4) is 5.75 Å². The zero-order valence-corrected chi connectivity index (χ0v) is 23.6. The first-order valence-corrected chi connectivity index (χ1v) is 14.2. The smallest absolute Gasteiger partial charge is 0.325 e. The molecule has 3 heterocycles. The second-order valence-corrected chi connectivity index (χ2v) is 11.4. The SMILES string of the molecule is COc1cccc([C@H]2N3[C@H](C(=O)O[C@H](c4ccccc4)[C@@H]3c3ccccc3)[C@@H](C(=O)O)[C@]23C(=O)Nc2ccc(C)cc23)c1. The molecule has 8 nitrogen and oxygen atoms in total. The van der Waals surface area contributed by atoms with Crippen LogP contribution in [0.5, 0.6) is 5.75 Å². The number of nitrogens with zero attached hydrogens (tertiary/aromatic N) is 1. The monoisotopic (exact) mass is 574 g/mol. The highest BCUT2D eigenvalue weighted by Crippen LogP contribution is 2.64. The van der Waals surface area contributed by atoms with Gasteiger partial charge in [0.2, 0.25) is 5.91 Å². The fourth-order valence-electron chi connectivity index (χ4n) is 7.50. The quantitative estimate of drug-likeness (QED) is 0.309. The maximum absolute atomic E-state index is 14.5. The molecule has 8 heteroatoms. The Morgan fingerprint density at radius 2 is 1.53 bits per heavy atom. The third kappa shape index (κ3) is 3.90. The number of carboxylic acid groups (broad SMARTS) is 1. The third-order valence-corrected chi connectivity index (χ3v) is 9.14. The van der Waals surface area contributed by atoms with Crippen molar-refractivity contribution in [2.45, 2.75) is 36.6 Å². The molecule has 0 aromatic heterocycles. The molecular weight excluding hydrogens is 544 g/mol. The molecule has 0 bridgehead atoms. The number of amides is 1. The highest BCUT2D eigenvalue weighted by atomic mass is 16.6. The fraction of sp³-hybridized carbons (Fsp3) is 0.229. The Morgan fingerprint density at radius 3 is 2.21 bits per heavy atom. The van der Waals surface area contributed by atoms with Gasteiger partial charge in [0.15, 0.2) is 0 Å². The maximum Gasteiger partial charge on any atom is 0.325 e. The van der Waals surface area contributed by atoms with E-state index in [1.807, 2.05) is 103 Å². The fourth-order valence-corrected chi connectivity index (χ4v) is 7.50. The molecule has 0 radical (unpaired) electrons. The van der Waals surface area contributed by atoms with Crippen molar-refractivity contribution < 1.29 is 29.0 Å². The Morgan fingerprint density at radius 1 is 0.860 bits per heavy atom. The van der Waals surface area contributed by atoms with Crippen LogP contribution in [0.25, 0.3) is 0 Å². The summed E-state index contributed by atoms with van der Waals surface area (Å²) in [4.78, 5) is 44.1. The van der Waals surface area contributed by atoms with Gasteiger partial charge >= 0.3 is 11.9 Å². The van der Waals surface area contributed by atoms with Crippen molar-refractivity contribution in [1.29, 1.82) is 0 Å². The number of aryl methyl sites for hydroxylation is 1. The summed E-state index contributed by atoms with van der Waals surface area (Å²) in [5.74, 6) is -3.26. The molecule has 4 aromatic carbocycles. The van der Waals surface area contributed by atoms with Crippen LogP contribution in [0, 0.1) is 12.8 Å². The molecule has 0 aliphatic carbocycles. The number of cyclic esters (lactones) is 1. The average molecular weight is 575 g/mol. The summed E-state index contributed by atoms with van der Waals surface area (Å²) < 4.78 is 11.8. The summed E-state index contributed by atoms with van der Waals surface area (Å²) in [7, 11) is 1.56. The van der Waals surface area contributed by atoms with E-state index in [4.69, 9.17) is 9.47 Å². The van der Waals surface area contributed by atoms with E-state index in [1.165, 1.54) is 0 Å². The summed E-state index contributed by atoms with van der Waals surface area (Å²) in [6, 6.07) is 29.2. The van der Waals surface area contributed by atoms with E-state index in [2.05, 4.69) is 5.32 Å². The molecule has 4 aromatic rings. The van der Waals surface area contributed by atoms with E-state index in [0.717, 1.165) is 16.7 Å². The summed E-state index contributed by atoms with van der Waals surface area (Å²) in [6.45, 7) is 1.90. The molecule has 43 heavy (non-hydrogen) atoms. The van der Waals surface area contributed by atoms with Crippen LogP contribution < -0.4 is 10.1 Å². The zero-order valence-electron chi connectivity index (χ0n) is 23.6. The number of carbonyl (C=O) groups is 3. The number of esters is 1. The van der Waals surface area contributed by atoms with Crippen molar-refractivity contribution in [1.82, 2.24) is 4.90 Å². The van der Waals surface area contributed by atoms with Crippen LogP contribution in [0.2, 0.25) is 0 Å². The lowest BCUT2D eigenvalue weighted by atomic mass is 9.65. The molecule has 3 aliphatic rings. The number of methoxy groups -OCH3 is 1. The molecule has 1 amide bonds. The average Bonchev–Trinajstić information content (AvgIpc) is 3.50. The predicted octanol–water partition coefficient (Wildman–Crippen LogP) is 5.36. The number of morpholine rings is 1. The molecule has 2 fully saturated rings. The highest BCUT2D eigenvalue weighted by Gasteiger charge is 2.74. The number of fused-ring (bicyclic) bond motifs is 3. The maximum atomic E-state index is 14.5. The lowest BCUT2D eigenvalue weighted by molar-refractivity contribution is -0.179. The predicted molar refractivity (Wildman–Crippen MR) is 158 cm³/mol. The summed E-state index contributed by atoms with van der Waals surface area (Å²) in [6.07, 6.45) is -0.758. The number of anilines is 1. The highest BCUT2D eigenvalue weighted by molar-refractivity contribution is 6.11. The van der Waals surface area contributed by atoms with Gasteiger partial charge in [0.1, 0.15) is 29.2 Å². The molecular formula is C35H30N2O6. The van der Waals surface area contributed by atoms with Crippen molar-refractivity contribution in [3.63, 3.8) is 0 Å². The van der Waals surface area contributed by atoms with Crippen molar-refractivity contribution >= 4 is 23.5 Å². The van der Waals surface area contributed by atoms with Crippen LogP contribution in [0.15, 0.2) is 103 Å². The van der Waals surface area contributed by atoms with Gasteiger partial charge in [-0.05, 0) is 47.4 Å². The standard InChI is InChI=1S/C35H30N2O6/c1-20-16-17-26-25(18-20)35(34(41)36-26)27(32(38)39)29-33(40)43-30(22-12-7-4-8-13-22)28(21-10-5-3-6-11-21)37(29)31(35)23-14-9-15-24(19-23)42-2/h3-19,27-31H,1-2H3,(H,36,41)(H,38,39)/t27-,28-,29-,30+,31+,35-/m0/s1. The molecule has 2 saturated heterocycles. The van der Waals surface area contributed by atoms with Crippen LogP contribution in [0.3, 0.4) is 0 Å². The van der Waals surface area contributed by atoms with E-state index in [-0.39, 0.29) is 0 Å². The number of ether oxygens (including phenoxy) is 2. The van der Waals surface area contributed by atoms with Crippen molar-refractivity contribution in [3.05, 3.63) is 131 Å². The van der Waals surface area contributed by atoms with Crippen LogP contribution >= 0.6 is 0 Å². The van der Waals surface area contributed by atoms with Gasteiger partial charge in [-0.3, -0.25) is 19.3 Å². The summed E-state index contributed by atoms with van der Waals surface area (Å²) in [5.41, 5.74) is 2.60. The summed E-state index contributed by atoms with van der Waals surface area (Å²) >= 11 is 0. The Balaban J connectivity index is 1.58. The number of carbonyl (C=O) groups excluding carboxylic acids is 2. The molecule has 6 atom stereocenters. The molecule has 1 spiro atoms. The lowest BCUT2D eigenvalue weighted by Crippen LogP contribution is -2.52. The zero-order chi connectivity index (χ0) is 29.9. The number of benzene rings is 4. The molecule has 3 aliphatic heterocycles.